The van der Waals surface area contributed by atoms with Gasteiger partial charge in [-0.25, -0.2) is 0 Å². The minimum Gasteiger partial charge on any atom is -0.336 e. The van der Waals surface area contributed by atoms with Crippen molar-refractivity contribution in [2.45, 2.75) is 38.3 Å². The summed E-state index contributed by atoms with van der Waals surface area (Å²) in [4.78, 5) is 25.3. The molecule has 0 saturated heterocycles. The molecule has 2 rings (SSSR count). The van der Waals surface area contributed by atoms with E-state index in [1.807, 2.05) is 0 Å². The molecule has 1 N–H and O–H groups in total. The Bertz CT molecular complexity index is 596. The first-order valence-corrected chi connectivity index (χ1v) is 7.97. The maximum Gasteiger partial charge on any atom is 0.418 e. The predicted molar refractivity (Wildman–Crippen MR) is 84.3 cm³/mol. The lowest BCUT2D eigenvalue weighted by Gasteiger charge is -2.19. The summed E-state index contributed by atoms with van der Waals surface area (Å²) in [6.45, 7) is -0.266. The van der Waals surface area contributed by atoms with Crippen molar-refractivity contribution in [2.24, 2.45) is 5.92 Å². The Morgan fingerprint density at radius 3 is 2.46 bits per heavy atom. The standard InChI is InChI=1S/C17H21F3N2O2/c1-22(16(24)10-12-6-2-3-7-12)11-15(23)21-14-9-5-4-8-13(14)17(18,19)20/h4-5,8-9,12H,2-3,6-7,10-11H2,1H3,(H,21,23). The number of hydrogen-bond donors (Lipinski definition) is 1. The van der Waals surface area contributed by atoms with Gasteiger partial charge in [-0.3, -0.25) is 9.59 Å². The van der Waals surface area contributed by atoms with Crippen LogP contribution in [-0.2, 0) is 15.8 Å². The molecule has 7 heteroatoms. The van der Waals surface area contributed by atoms with Crippen LogP contribution in [0.3, 0.4) is 0 Å². The van der Waals surface area contributed by atoms with E-state index in [4.69, 9.17) is 0 Å². The zero-order chi connectivity index (χ0) is 17.7. The molecule has 0 heterocycles. The molecule has 1 aromatic rings. The summed E-state index contributed by atoms with van der Waals surface area (Å²) < 4.78 is 38.7. The number of para-hydroxylation sites is 1. The van der Waals surface area contributed by atoms with E-state index < -0.39 is 17.6 Å². The lowest BCUT2D eigenvalue weighted by Crippen LogP contribution is -2.35. The molecule has 1 aromatic carbocycles. The molecular formula is C17H21F3N2O2. The second kappa shape index (κ2) is 7.68. The fourth-order valence-corrected chi connectivity index (χ4v) is 2.95. The third-order valence-electron chi connectivity index (χ3n) is 4.25. The summed E-state index contributed by atoms with van der Waals surface area (Å²) in [5, 5.41) is 2.24. The first-order chi connectivity index (χ1) is 11.3. The number of anilines is 1. The van der Waals surface area contributed by atoms with Crippen LogP contribution in [-0.4, -0.2) is 30.3 Å². The highest BCUT2D eigenvalue weighted by molar-refractivity contribution is 5.95. The van der Waals surface area contributed by atoms with E-state index in [0.717, 1.165) is 31.7 Å². The maximum atomic E-state index is 12.9. The van der Waals surface area contributed by atoms with E-state index >= 15 is 0 Å². The number of rotatable bonds is 5. The summed E-state index contributed by atoms with van der Waals surface area (Å²) in [7, 11) is 1.49. The Balaban J connectivity index is 1.92. The van der Waals surface area contributed by atoms with E-state index in [1.54, 1.807) is 0 Å². The zero-order valence-electron chi connectivity index (χ0n) is 13.5. The van der Waals surface area contributed by atoms with Gasteiger partial charge in [0.2, 0.25) is 11.8 Å². The quantitative estimate of drug-likeness (QED) is 0.887. The van der Waals surface area contributed by atoms with Crippen LogP contribution in [0.2, 0.25) is 0 Å². The first kappa shape index (κ1) is 18.3. The second-order valence-corrected chi connectivity index (χ2v) is 6.20. The summed E-state index contributed by atoms with van der Waals surface area (Å²) in [6.07, 6.45) is 0.124. The Kier molecular flexibility index (Phi) is 5.85. The van der Waals surface area contributed by atoms with Gasteiger partial charge in [-0.2, -0.15) is 13.2 Å². The van der Waals surface area contributed by atoms with E-state index in [-0.39, 0.29) is 18.1 Å². The molecule has 1 aliphatic carbocycles. The molecule has 0 atom stereocenters. The van der Waals surface area contributed by atoms with Gasteiger partial charge in [-0.05, 0) is 30.9 Å². The van der Waals surface area contributed by atoms with E-state index in [2.05, 4.69) is 5.32 Å². The predicted octanol–water partition coefficient (Wildman–Crippen LogP) is 3.68. The minimum atomic E-state index is -4.55. The molecule has 4 nitrogen and oxygen atoms in total. The van der Waals surface area contributed by atoms with Gasteiger partial charge < -0.3 is 10.2 Å². The van der Waals surface area contributed by atoms with Crippen molar-refractivity contribution in [3.63, 3.8) is 0 Å². The highest BCUT2D eigenvalue weighted by Crippen LogP contribution is 2.34. The number of halogens is 3. The van der Waals surface area contributed by atoms with Gasteiger partial charge >= 0.3 is 6.18 Å². The van der Waals surface area contributed by atoms with E-state index in [1.165, 1.54) is 30.1 Å². The average Bonchev–Trinajstić information content (AvgIpc) is 2.99. The molecule has 1 aliphatic rings. The summed E-state index contributed by atoms with van der Waals surface area (Å²) >= 11 is 0. The smallest absolute Gasteiger partial charge is 0.336 e. The lowest BCUT2D eigenvalue weighted by atomic mass is 10.0. The maximum absolute atomic E-state index is 12.9. The van der Waals surface area contributed by atoms with Crippen LogP contribution in [0, 0.1) is 5.92 Å². The van der Waals surface area contributed by atoms with E-state index in [9.17, 15) is 22.8 Å². The van der Waals surface area contributed by atoms with Crippen molar-refractivity contribution in [1.29, 1.82) is 0 Å². The SMILES string of the molecule is CN(CC(=O)Nc1ccccc1C(F)(F)F)C(=O)CC1CCCC1. The van der Waals surface area contributed by atoms with Gasteiger partial charge in [0.25, 0.3) is 0 Å². The Morgan fingerprint density at radius 1 is 1.21 bits per heavy atom. The van der Waals surface area contributed by atoms with E-state index in [0.29, 0.717) is 12.3 Å². The van der Waals surface area contributed by atoms with Crippen LogP contribution in [0.15, 0.2) is 24.3 Å². The van der Waals surface area contributed by atoms with Gasteiger partial charge in [0.1, 0.15) is 0 Å². The first-order valence-electron chi connectivity index (χ1n) is 7.97. The van der Waals surface area contributed by atoms with Crippen LogP contribution >= 0.6 is 0 Å². The summed E-state index contributed by atoms with van der Waals surface area (Å²) in [6, 6.07) is 4.78. The molecule has 0 aliphatic heterocycles. The Morgan fingerprint density at radius 2 is 1.83 bits per heavy atom. The number of carbonyl (C=O) groups is 2. The van der Waals surface area contributed by atoms with Crippen molar-refractivity contribution in [3.8, 4) is 0 Å². The van der Waals surface area contributed by atoms with Crippen molar-refractivity contribution in [3.05, 3.63) is 29.8 Å². The zero-order valence-corrected chi connectivity index (χ0v) is 13.5. The molecule has 0 aromatic heterocycles. The van der Waals surface area contributed by atoms with Gasteiger partial charge in [0.15, 0.2) is 0 Å². The monoisotopic (exact) mass is 342 g/mol. The fraction of sp³-hybridized carbons (Fsp3) is 0.529. The van der Waals surface area contributed by atoms with Gasteiger partial charge in [0, 0.05) is 13.5 Å². The summed E-state index contributed by atoms with van der Waals surface area (Å²) in [5.41, 5.74) is -1.20. The third-order valence-corrected chi connectivity index (χ3v) is 4.25. The van der Waals surface area contributed by atoms with Crippen LogP contribution in [0.1, 0.15) is 37.7 Å². The number of hydrogen-bond acceptors (Lipinski definition) is 2. The van der Waals surface area contributed by atoms with Crippen molar-refractivity contribution >= 4 is 17.5 Å². The Hall–Kier alpha value is -2.05. The highest BCUT2D eigenvalue weighted by atomic mass is 19.4. The molecule has 0 spiro atoms. The molecule has 0 unspecified atom stereocenters. The van der Waals surface area contributed by atoms with Crippen molar-refractivity contribution < 1.29 is 22.8 Å². The number of likely N-dealkylation sites (N-methyl/N-ethyl adjacent to an activating group) is 1. The molecule has 1 fully saturated rings. The molecule has 132 valence electrons. The summed E-state index contributed by atoms with van der Waals surface area (Å²) in [5.74, 6) is -0.441. The molecule has 24 heavy (non-hydrogen) atoms. The van der Waals surface area contributed by atoms with Crippen molar-refractivity contribution in [2.75, 3.05) is 18.9 Å². The number of nitrogens with zero attached hydrogens (tertiary/aromatic N) is 1. The molecular weight excluding hydrogens is 321 g/mol. The highest BCUT2D eigenvalue weighted by Gasteiger charge is 2.33. The van der Waals surface area contributed by atoms with Gasteiger partial charge in [-0.15, -0.1) is 0 Å². The number of carbonyl (C=O) groups excluding carboxylic acids is 2. The van der Waals surface area contributed by atoms with Crippen LogP contribution < -0.4 is 5.32 Å². The third kappa shape index (κ3) is 4.97. The minimum absolute atomic E-state index is 0.152. The molecule has 0 radical (unpaired) electrons. The molecule has 0 bridgehead atoms. The second-order valence-electron chi connectivity index (χ2n) is 6.20. The normalized spacial score (nSPS) is 15.3. The topological polar surface area (TPSA) is 49.4 Å². The fourth-order valence-electron chi connectivity index (χ4n) is 2.95. The van der Waals surface area contributed by atoms with Gasteiger partial charge in [0.05, 0.1) is 17.8 Å². The molecule has 2 amide bonds. The number of amides is 2. The molecule has 1 saturated carbocycles. The van der Waals surface area contributed by atoms with Crippen LogP contribution in [0.5, 0.6) is 0 Å². The number of alkyl halides is 3. The van der Waals surface area contributed by atoms with Crippen LogP contribution in [0.25, 0.3) is 0 Å². The average molecular weight is 342 g/mol. The van der Waals surface area contributed by atoms with Gasteiger partial charge in [-0.1, -0.05) is 25.0 Å². The lowest BCUT2D eigenvalue weighted by molar-refractivity contribution is -0.137. The Labute approximate surface area is 139 Å². The number of nitrogens with one attached hydrogen (secondary N) is 1. The largest absolute Gasteiger partial charge is 0.418 e. The number of benzene rings is 1. The van der Waals surface area contributed by atoms with Crippen molar-refractivity contribution in [1.82, 2.24) is 4.90 Å². The van der Waals surface area contributed by atoms with Crippen LogP contribution in [0.4, 0.5) is 18.9 Å².